The molecular formula is C15H13N5S. The van der Waals surface area contributed by atoms with E-state index in [-0.39, 0.29) is 0 Å². The highest BCUT2D eigenvalue weighted by atomic mass is 32.1. The van der Waals surface area contributed by atoms with Gasteiger partial charge in [0.1, 0.15) is 5.65 Å². The number of thiophene rings is 1. The highest BCUT2D eigenvalue weighted by Gasteiger charge is 2.11. The number of aromatic amines is 1. The summed E-state index contributed by atoms with van der Waals surface area (Å²) in [5.41, 5.74) is 1.99. The number of nitrogens with zero attached hydrogens (tertiary/aromatic N) is 3. The lowest BCUT2D eigenvalue weighted by Crippen LogP contribution is -2.01. The first kappa shape index (κ1) is 12.3. The summed E-state index contributed by atoms with van der Waals surface area (Å²) < 4.78 is 1.24. The highest BCUT2D eigenvalue weighted by molar-refractivity contribution is 7.22. The number of anilines is 1. The van der Waals surface area contributed by atoms with Gasteiger partial charge in [-0.25, -0.2) is 4.98 Å². The third kappa shape index (κ3) is 2.04. The number of fused-ring (bicyclic) bond motifs is 2. The first-order valence-corrected chi connectivity index (χ1v) is 7.58. The van der Waals surface area contributed by atoms with E-state index in [4.69, 9.17) is 0 Å². The van der Waals surface area contributed by atoms with Gasteiger partial charge in [0, 0.05) is 57.2 Å². The summed E-state index contributed by atoms with van der Waals surface area (Å²) in [7, 11) is 0. The fourth-order valence-electron chi connectivity index (χ4n) is 2.37. The second-order valence-electron chi connectivity index (χ2n) is 4.71. The summed E-state index contributed by atoms with van der Waals surface area (Å²) in [6, 6.07) is 4.20. The number of nitrogens with one attached hydrogen (secondary N) is 2. The average Bonchev–Trinajstić information content (AvgIpc) is 3.10. The van der Waals surface area contributed by atoms with Crippen LogP contribution in [0.25, 0.3) is 31.6 Å². The fraction of sp³-hybridized carbons (Fsp3) is 0.133. The van der Waals surface area contributed by atoms with Crippen molar-refractivity contribution >= 4 is 38.4 Å². The van der Waals surface area contributed by atoms with E-state index in [0.29, 0.717) is 5.95 Å². The van der Waals surface area contributed by atoms with E-state index in [1.54, 1.807) is 11.3 Å². The second kappa shape index (κ2) is 4.82. The van der Waals surface area contributed by atoms with E-state index in [9.17, 15) is 0 Å². The molecule has 0 atom stereocenters. The van der Waals surface area contributed by atoms with Crippen LogP contribution in [0.3, 0.4) is 0 Å². The maximum atomic E-state index is 4.48. The molecule has 6 heteroatoms. The molecule has 4 rings (SSSR count). The van der Waals surface area contributed by atoms with Gasteiger partial charge in [0.2, 0.25) is 5.95 Å². The van der Waals surface area contributed by atoms with E-state index in [1.165, 1.54) is 9.58 Å². The summed E-state index contributed by atoms with van der Waals surface area (Å²) >= 11 is 1.75. The number of pyridine rings is 1. The Kier molecular flexibility index (Phi) is 2.82. The molecule has 0 amide bonds. The van der Waals surface area contributed by atoms with Crippen molar-refractivity contribution in [2.45, 2.75) is 6.92 Å². The van der Waals surface area contributed by atoms with Crippen molar-refractivity contribution in [3.8, 4) is 10.4 Å². The lowest BCUT2D eigenvalue weighted by atomic mass is 10.2. The quantitative estimate of drug-likeness (QED) is 0.605. The fourth-order valence-corrected chi connectivity index (χ4v) is 3.43. The van der Waals surface area contributed by atoms with Crippen LogP contribution in [0, 0.1) is 0 Å². The van der Waals surface area contributed by atoms with E-state index in [1.807, 2.05) is 37.8 Å². The standard InChI is InChI=1S/C15H13N5S/c1-2-17-15-19-8-11-10(7-18-14(11)20-15)13-5-9-6-16-4-3-12(9)21-13/h3-8H,2H2,1H3,(H2,17,18,19,20). The number of aromatic nitrogens is 4. The lowest BCUT2D eigenvalue weighted by molar-refractivity contribution is 1.10. The molecule has 0 aliphatic rings. The molecule has 21 heavy (non-hydrogen) atoms. The third-order valence-electron chi connectivity index (χ3n) is 3.35. The SMILES string of the molecule is CCNc1ncc2c(-c3cc4cnccc4s3)c[nH]c2n1. The van der Waals surface area contributed by atoms with Gasteiger partial charge in [0.25, 0.3) is 0 Å². The Bertz CT molecular complexity index is 891. The van der Waals surface area contributed by atoms with Gasteiger partial charge in [0.05, 0.1) is 0 Å². The Morgan fingerprint density at radius 3 is 3.14 bits per heavy atom. The Morgan fingerprint density at radius 1 is 1.33 bits per heavy atom. The van der Waals surface area contributed by atoms with Gasteiger partial charge in [-0.05, 0) is 19.1 Å². The maximum absolute atomic E-state index is 4.48. The van der Waals surface area contributed by atoms with Crippen molar-refractivity contribution in [3.05, 3.63) is 36.9 Å². The van der Waals surface area contributed by atoms with Gasteiger partial charge in [-0.1, -0.05) is 0 Å². The van der Waals surface area contributed by atoms with Crippen molar-refractivity contribution in [2.24, 2.45) is 0 Å². The molecule has 2 N–H and O–H groups in total. The van der Waals surface area contributed by atoms with Crippen molar-refractivity contribution < 1.29 is 0 Å². The first-order valence-electron chi connectivity index (χ1n) is 6.77. The molecular weight excluding hydrogens is 282 g/mol. The average molecular weight is 295 g/mol. The van der Waals surface area contributed by atoms with Crippen molar-refractivity contribution in [2.75, 3.05) is 11.9 Å². The van der Waals surface area contributed by atoms with Crippen LogP contribution < -0.4 is 5.32 Å². The van der Waals surface area contributed by atoms with E-state index >= 15 is 0 Å². The van der Waals surface area contributed by atoms with Crippen LogP contribution >= 0.6 is 11.3 Å². The minimum atomic E-state index is 0.652. The van der Waals surface area contributed by atoms with Gasteiger partial charge in [-0.3, -0.25) is 4.98 Å². The Labute approximate surface area is 125 Å². The van der Waals surface area contributed by atoms with Gasteiger partial charge in [-0.2, -0.15) is 4.98 Å². The molecule has 0 aliphatic heterocycles. The van der Waals surface area contributed by atoms with Gasteiger partial charge in [0.15, 0.2) is 0 Å². The monoisotopic (exact) mass is 295 g/mol. The molecule has 5 nitrogen and oxygen atoms in total. The molecule has 0 aliphatic carbocycles. The summed E-state index contributed by atoms with van der Waals surface area (Å²) in [6.45, 7) is 2.83. The Hall–Kier alpha value is -2.47. The molecule has 0 saturated heterocycles. The van der Waals surface area contributed by atoms with Gasteiger partial charge < -0.3 is 10.3 Å². The third-order valence-corrected chi connectivity index (χ3v) is 4.50. The molecule has 0 aromatic carbocycles. The van der Waals surface area contributed by atoms with Crippen LogP contribution in [-0.4, -0.2) is 26.5 Å². The molecule has 104 valence electrons. The molecule has 4 heterocycles. The molecule has 0 radical (unpaired) electrons. The van der Waals surface area contributed by atoms with Crippen molar-refractivity contribution in [1.29, 1.82) is 0 Å². The Balaban J connectivity index is 1.86. The zero-order chi connectivity index (χ0) is 14.2. The molecule has 4 aromatic rings. The molecule has 4 aromatic heterocycles. The Morgan fingerprint density at radius 2 is 2.29 bits per heavy atom. The smallest absolute Gasteiger partial charge is 0.224 e. The van der Waals surface area contributed by atoms with Crippen LogP contribution in [0.4, 0.5) is 5.95 Å². The molecule has 0 fully saturated rings. The number of rotatable bonds is 3. The zero-order valence-electron chi connectivity index (χ0n) is 11.4. The summed E-state index contributed by atoms with van der Waals surface area (Å²) in [5.74, 6) is 0.652. The minimum Gasteiger partial charge on any atom is -0.354 e. The van der Waals surface area contributed by atoms with Gasteiger partial charge in [-0.15, -0.1) is 11.3 Å². The van der Waals surface area contributed by atoms with Gasteiger partial charge >= 0.3 is 0 Å². The zero-order valence-corrected chi connectivity index (χ0v) is 12.2. The number of hydrogen-bond acceptors (Lipinski definition) is 5. The van der Waals surface area contributed by atoms with E-state index in [0.717, 1.165) is 28.5 Å². The van der Waals surface area contributed by atoms with Crippen LogP contribution in [0.2, 0.25) is 0 Å². The molecule has 0 spiro atoms. The first-order chi connectivity index (χ1) is 10.3. The summed E-state index contributed by atoms with van der Waals surface area (Å²) in [6.07, 6.45) is 7.58. The summed E-state index contributed by atoms with van der Waals surface area (Å²) in [4.78, 5) is 17.4. The lowest BCUT2D eigenvalue weighted by Gasteiger charge is -2.00. The summed E-state index contributed by atoms with van der Waals surface area (Å²) in [5, 5.41) is 5.32. The van der Waals surface area contributed by atoms with E-state index < -0.39 is 0 Å². The van der Waals surface area contributed by atoms with Crippen LogP contribution in [0.15, 0.2) is 36.9 Å². The maximum Gasteiger partial charge on any atom is 0.224 e. The van der Waals surface area contributed by atoms with Crippen molar-refractivity contribution in [1.82, 2.24) is 19.9 Å². The molecule has 0 unspecified atom stereocenters. The number of H-pyrrole nitrogens is 1. The van der Waals surface area contributed by atoms with E-state index in [2.05, 4.69) is 31.3 Å². The molecule has 0 bridgehead atoms. The largest absolute Gasteiger partial charge is 0.354 e. The normalized spacial score (nSPS) is 11.3. The molecule has 0 saturated carbocycles. The highest BCUT2D eigenvalue weighted by Crippen LogP contribution is 2.36. The van der Waals surface area contributed by atoms with Crippen molar-refractivity contribution in [3.63, 3.8) is 0 Å². The van der Waals surface area contributed by atoms with Crippen LogP contribution in [0.1, 0.15) is 6.92 Å². The van der Waals surface area contributed by atoms with Crippen LogP contribution in [-0.2, 0) is 0 Å². The number of hydrogen-bond donors (Lipinski definition) is 2. The minimum absolute atomic E-state index is 0.652. The predicted molar refractivity (Wildman–Crippen MR) is 86.7 cm³/mol. The predicted octanol–water partition coefficient (Wildman–Crippen LogP) is 3.67. The second-order valence-corrected chi connectivity index (χ2v) is 5.80. The van der Waals surface area contributed by atoms with Crippen LogP contribution in [0.5, 0.6) is 0 Å². The topological polar surface area (TPSA) is 66.5 Å².